The predicted octanol–water partition coefficient (Wildman–Crippen LogP) is 3.70. The quantitative estimate of drug-likeness (QED) is 0.843. The molecule has 2 rings (SSSR count). The zero-order valence-electron chi connectivity index (χ0n) is 8.76. The van der Waals surface area contributed by atoms with Crippen molar-refractivity contribution >= 4 is 23.6 Å². The van der Waals surface area contributed by atoms with Crippen molar-refractivity contribution in [1.29, 1.82) is 0 Å². The van der Waals surface area contributed by atoms with Crippen LogP contribution in [0.4, 0.5) is 0 Å². The minimum Gasteiger partial charge on any atom is -0.478 e. The molecule has 0 aliphatic heterocycles. The molecule has 0 unspecified atom stereocenters. The summed E-state index contributed by atoms with van der Waals surface area (Å²) in [5, 5.41) is 9.09. The summed E-state index contributed by atoms with van der Waals surface area (Å²) in [5.41, 5.74) is 0.782. The van der Waals surface area contributed by atoms with E-state index >= 15 is 0 Å². The third-order valence-corrected chi connectivity index (χ3v) is 2.49. The van der Waals surface area contributed by atoms with Gasteiger partial charge in [-0.1, -0.05) is 23.7 Å². The van der Waals surface area contributed by atoms with Gasteiger partial charge in [0, 0.05) is 11.6 Å². The van der Waals surface area contributed by atoms with E-state index in [1.165, 1.54) is 6.08 Å². The lowest BCUT2D eigenvalue weighted by Crippen LogP contribution is -1.84. The maximum atomic E-state index is 10.4. The van der Waals surface area contributed by atoms with E-state index in [0.29, 0.717) is 16.5 Å². The first-order valence-electron chi connectivity index (χ1n) is 4.92. The molecule has 0 saturated heterocycles. The number of aliphatic carboxylic acids is 1. The molecule has 4 heteroatoms. The van der Waals surface area contributed by atoms with Gasteiger partial charge in [-0.2, -0.15) is 0 Å². The van der Waals surface area contributed by atoms with Gasteiger partial charge in [-0.25, -0.2) is 4.79 Å². The molecule has 0 fully saturated rings. The Balaban J connectivity index is 2.30. The van der Waals surface area contributed by atoms with Gasteiger partial charge in [0.1, 0.15) is 11.5 Å². The van der Waals surface area contributed by atoms with Gasteiger partial charge < -0.3 is 9.52 Å². The van der Waals surface area contributed by atoms with E-state index in [2.05, 4.69) is 0 Å². The summed E-state index contributed by atoms with van der Waals surface area (Å²) in [4.78, 5) is 10.4. The number of halogens is 1. The summed E-state index contributed by atoms with van der Waals surface area (Å²) < 4.78 is 5.47. The Morgan fingerprint density at radius 1 is 1.24 bits per heavy atom. The monoisotopic (exact) mass is 248 g/mol. The van der Waals surface area contributed by atoms with Crippen LogP contribution < -0.4 is 0 Å². The lowest BCUT2D eigenvalue weighted by atomic mass is 10.2. The Kier molecular flexibility index (Phi) is 3.30. The second-order valence-corrected chi connectivity index (χ2v) is 3.76. The van der Waals surface area contributed by atoms with Gasteiger partial charge in [-0.3, -0.25) is 0 Å². The number of carboxylic acid groups (broad SMARTS) is 1. The molecule has 0 amide bonds. The second kappa shape index (κ2) is 4.89. The SMILES string of the molecule is O=C(O)C=Cc1ccc(-c2ccccc2Cl)o1. The van der Waals surface area contributed by atoms with Gasteiger partial charge in [0.15, 0.2) is 0 Å². The van der Waals surface area contributed by atoms with Crippen LogP contribution in [-0.2, 0) is 4.79 Å². The Hall–Kier alpha value is -2.00. The molecule has 1 aromatic heterocycles. The zero-order valence-corrected chi connectivity index (χ0v) is 9.52. The smallest absolute Gasteiger partial charge is 0.328 e. The molecule has 0 aliphatic rings. The molecule has 1 aromatic carbocycles. The van der Waals surface area contributed by atoms with Crippen molar-refractivity contribution in [3.8, 4) is 11.3 Å². The first-order chi connectivity index (χ1) is 8.16. The van der Waals surface area contributed by atoms with Crippen molar-refractivity contribution in [3.63, 3.8) is 0 Å². The Morgan fingerprint density at radius 3 is 2.71 bits per heavy atom. The largest absolute Gasteiger partial charge is 0.478 e. The number of hydrogen-bond acceptors (Lipinski definition) is 2. The van der Waals surface area contributed by atoms with E-state index in [1.54, 1.807) is 18.2 Å². The van der Waals surface area contributed by atoms with Gasteiger partial charge in [0.05, 0.1) is 5.02 Å². The minimum absolute atomic E-state index is 0.474. The molecule has 0 atom stereocenters. The fourth-order valence-electron chi connectivity index (χ4n) is 1.40. The summed E-state index contributed by atoms with van der Waals surface area (Å²) in [6, 6.07) is 10.7. The fraction of sp³-hybridized carbons (Fsp3) is 0. The van der Waals surface area contributed by atoms with Gasteiger partial charge in [0.2, 0.25) is 0 Å². The summed E-state index contributed by atoms with van der Waals surface area (Å²) in [5.74, 6) is 0.0728. The molecule has 0 aliphatic carbocycles. The van der Waals surface area contributed by atoms with Crippen LogP contribution >= 0.6 is 11.6 Å². The van der Waals surface area contributed by atoms with Crippen molar-refractivity contribution < 1.29 is 14.3 Å². The number of hydrogen-bond donors (Lipinski definition) is 1. The van der Waals surface area contributed by atoms with Crippen LogP contribution in [0, 0.1) is 0 Å². The van der Waals surface area contributed by atoms with Crippen LogP contribution in [0.5, 0.6) is 0 Å². The molecule has 3 nitrogen and oxygen atoms in total. The van der Waals surface area contributed by atoms with E-state index in [4.69, 9.17) is 21.1 Å². The molecule has 0 saturated carbocycles. The maximum absolute atomic E-state index is 10.4. The molecular formula is C13H9ClO3. The van der Waals surface area contributed by atoms with E-state index in [9.17, 15) is 4.79 Å². The van der Waals surface area contributed by atoms with E-state index in [1.807, 2.05) is 18.2 Å². The molecule has 0 bridgehead atoms. The second-order valence-electron chi connectivity index (χ2n) is 3.35. The summed E-state index contributed by atoms with van der Waals surface area (Å²) in [6.07, 6.45) is 2.41. The van der Waals surface area contributed by atoms with Crippen molar-refractivity contribution in [1.82, 2.24) is 0 Å². The van der Waals surface area contributed by atoms with Gasteiger partial charge >= 0.3 is 5.97 Å². The normalized spacial score (nSPS) is 10.9. The number of furan rings is 1. The molecule has 17 heavy (non-hydrogen) atoms. The van der Waals surface area contributed by atoms with Crippen LogP contribution in [0.15, 0.2) is 46.9 Å². The van der Waals surface area contributed by atoms with Crippen LogP contribution in [-0.4, -0.2) is 11.1 Å². The number of carbonyl (C=O) groups is 1. The number of carboxylic acids is 1. The first-order valence-corrected chi connectivity index (χ1v) is 5.30. The van der Waals surface area contributed by atoms with Crippen molar-refractivity contribution in [2.24, 2.45) is 0 Å². The highest BCUT2D eigenvalue weighted by Gasteiger charge is 2.06. The number of benzene rings is 1. The average molecular weight is 249 g/mol. The first kappa shape index (κ1) is 11.5. The van der Waals surface area contributed by atoms with E-state index in [0.717, 1.165) is 11.6 Å². The van der Waals surface area contributed by atoms with Crippen molar-refractivity contribution in [2.75, 3.05) is 0 Å². The lowest BCUT2D eigenvalue weighted by molar-refractivity contribution is -0.131. The molecule has 0 spiro atoms. The van der Waals surface area contributed by atoms with Crippen LogP contribution in [0.1, 0.15) is 5.76 Å². The molecule has 2 aromatic rings. The number of rotatable bonds is 3. The molecule has 86 valence electrons. The Labute approximate surface area is 103 Å². The van der Waals surface area contributed by atoms with Gasteiger partial charge in [-0.05, 0) is 30.3 Å². The Bertz CT molecular complexity index is 570. The van der Waals surface area contributed by atoms with E-state index < -0.39 is 5.97 Å². The summed E-state index contributed by atoms with van der Waals surface area (Å²) >= 11 is 6.02. The standard InChI is InChI=1S/C13H9ClO3/c14-11-4-2-1-3-10(11)12-7-5-9(17-12)6-8-13(15)16/h1-8H,(H,15,16). The molecular weight excluding hydrogens is 240 g/mol. The molecule has 0 radical (unpaired) electrons. The van der Waals surface area contributed by atoms with Crippen molar-refractivity contribution in [3.05, 3.63) is 53.3 Å². The molecule has 1 heterocycles. The predicted molar refractivity (Wildman–Crippen MR) is 65.8 cm³/mol. The van der Waals surface area contributed by atoms with E-state index in [-0.39, 0.29) is 0 Å². The molecule has 1 N–H and O–H groups in total. The fourth-order valence-corrected chi connectivity index (χ4v) is 1.63. The third kappa shape index (κ3) is 2.77. The van der Waals surface area contributed by atoms with Crippen LogP contribution in [0.25, 0.3) is 17.4 Å². The van der Waals surface area contributed by atoms with Gasteiger partial charge in [0.25, 0.3) is 0 Å². The van der Waals surface area contributed by atoms with Gasteiger partial charge in [-0.15, -0.1) is 0 Å². The highest BCUT2D eigenvalue weighted by atomic mass is 35.5. The van der Waals surface area contributed by atoms with Crippen molar-refractivity contribution in [2.45, 2.75) is 0 Å². The average Bonchev–Trinajstić information content (AvgIpc) is 2.75. The highest BCUT2D eigenvalue weighted by molar-refractivity contribution is 6.33. The van der Waals surface area contributed by atoms with Crippen LogP contribution in [0.3, 0.4) is 0 Å². The third-order valence-electron chi connectivity index (χ3n) is 2.16. The minimum atomic E-state index is -1.01. The highest BCUT2D eigenvalue weighted by Crippen LogP contribution is 2.29. The lowest BCUT2D eigenvalue weighted by Gasteiger charge is -1.98. The summed E-state index contributed by atoms with van der Waals surface area (Å²) in [7, 11) is 0. The maximum Gasteiger partial charge on any atom is 0.328 e. The van der Waals surface area contributed by atoms with Crippen LogP contribution in [0.2, 0.25) is 5.02 Å². The Morgan fingerprint density at radius 2 is 2.00 bits per heavy atom. The topological polar surface area (TPSA) is 50.4 Å². The zero-order chi connectivity index (χ0) is 12.3. The summed E-state index contributed by atoms with van der Waals surface area (Å²) in [6.45, 7) is 0.